The smallest absolute Gasteiger partial charge is 0.332 e. The van der Waals surface area contributed by atoms with Gasteiger partial charge < -0.3 is 10.6 Å². The zero-order chi connectivity index (χ0) is 28.0. The molecular formula is C9H12N16O12. The van der Waals surface area contributed by atoms with Gasteiger partial charge in [0.15, 0.2) is 29.5 Å². The molecule has 200 valence electrons. The van der Waals surface area contributed by atoms with Gasteiger partial charge in [0, 0.05) is 13.1 Å². The first-order chi connectivity index (χ1) is 17.3. The van der Waals surface area contributed by atoms with Crippen molar-refractivity contribution in [3.63, 3.8) is 0 Å². The van der Waals surface area contributed by atoms with Crippen LogP contribution in [0, 0.1) is 60.7 Å². The van der Waals surface area contributed by atoms with Crippen LogP contribution in [0.25, 0.3) is 0 Å². The molecular weight excluding hydrogens is 524 g/mol. The Labute approximate surface area is 198 Å². The Morgan fingerprint density at radius 2 is 0.892 bits per heavy atom. The number of hydrogen-bond acceptors (Lipinski definition) is 20. The van der Waals surface area contributed by atoms with Crippen molar-refractivity contribution in [2.45, 2.75) is 31.1 Å². The minimum absolute atomic E-state index is 0.00907. The van der Waals surface area contributed by atoms with Crippen LogP contribution in [0.2, 0.25) is 0 Å². The van der Waals surface area contributed by atoms with Gasteiger partial charge in [0.05, 0.1) is 0 Å². The van der Waals surface area contributed by atoms with Gasteiger partial charge in [-0.15, -0.1) is 0 Å². The van der Waals surface area contributed by atoms with Crippen molar-refractivity contribution in [3.05, 3.63) is 60.7 Å². The summed E-state index contributed by atoms with van der Waals surface area (Å²) in [5.74, 6) is -8.48. The molecule has 37 heavy (non-hydrogen) atoms. The van der Waals surface area contributed by atoms with Crippen LogP contribution in [0.15, 0.2) is 0 Å². The topological polar surface area (TPSA) is 370 Å². The van der Waals surface area contributed by atoms with Crippen LogP contribution in [0.4, 0.5) is 11.9 Å². The summed E-state index contributed by atoms with van der Waals surface area (Å²) in [6.45, 7) is -3.15. The highest BCUT2D eigenvalue weighted by molar-refractivity contribution is 5.22. The van der Waals surface area contributed by atoms with Crippen LogP contribution < -0.4 is 10.6 Å². The monoisotopic (exact) mass is 536 g/mol. The fourth-order valence-electron chi connectivity index (χ4n) is 2.52. The summed E-state index contributed by atoms with van der Waals surface area (Å²) >= 11 is 0. The maximum atomic E-state index is 11.0. The van der Waals surface area contributed by atoms with Crippen molar-refractivity contribution in [2.75, 3.05) is 23.7 Å². The number of tetrazole rings is 2. The van der Waals surface area contributed by atoms with E-state index in [2.05, 4.69) is 41.7 Å². The van der Waals surface area contributed by atoms with Gasteiger partial charge in [-0.05, 0) is 27.3 Å². The molecule has 0 aliphatic rings. The second-order valence-corrected chi connectivity index (χ2v) is 6.60. The zero-order valence-corrected chi connectivity index (χ0v) is 17.7. The molecule has 0 aliphatic heterocycles. The van der Waals surface area contributed by atoms with Gasteiger partial charge in [-0.1, -0.05) is 10.2 Å². The summed E-state index contributed by atoms with van der Waals surface area (Å²) in [4.78, 5) is 55.8. The van der Waals surface area contributed by atoms with Gasteiger partial charge in [0.2, 0.25) is 25.0 Å². The highest BCUT2D eigenvalue weighted by Gasteiger charge is 2.71. The van der Waals surface area contributed by atoms with Crippen molar-refractivity contribution in [2.24, 2.45) is 0 Å². The summed E-state index contributed by atoms with van der Waals surface area (Å²) in [6, 6.07) is 0. The number of nitro groups is 6. The first kappa shape index (κ1) is 27.4. The molecule has 2 N–H and O–H groups in total. The standard InChI is InChI=1S/C9H12N16O12/c26-20(27)8(21(28)29,22(30)31)4-10-6-12-14-16-18(6)2-1-3-19-7(13-15-17-19)11-5-9(23(32)33,24(34)35)25(36)37/h1-5H2,(H,10,12,16)(H,11,13,17). The number of anilines is 2. The summed E-state index contributed by atoms with van der Waals surface area (Å²) < 4.78 is 1.83. The number of nitrogens with zero attached hydrogens (tertiary/aromatic N) is 14. The normalized spacial score (nSPS) is 11.5. The average Bonchev–Trinajstić information content (AvgIpc) is 3.42. The molecule has 2 aromatic heterocycles. The minimum Gasteiger partial charge on any atom is -0.332 e. The Hall–Kier alpha value is -5.86. The van der Waals surface area contributed by atoms with Crippen LogP contribution in [-0.2, 0) is 13.1 Å². The Morgan fingerprint density at radius 1 is 0.595 bits per heavy atom. The molecule has 2 rings (SSSR count). The van der Waals surface area contributed by atoms with Crippen molar-refractivity contribution < 1.29 is 29.5 Å². The van der Waals surface area contributed by atoms with E-state index >= 15 is 0 Å². The lowest BCUT2D eigenvalue weighted by Gasteiger charge is -2.11. The van der Waals surface area contributed by atoms with Crippen molar-refractivity contribution >= 4 is 11.9 Å². The molecule has 0 atom stereocenters. The Morgan fingerprint density at radius 3 is 1.16 bits per heavy atom. The molecule has 0 aromatic carbocycles. The van der Waals surface area contributed by atoms with Crippen LogP contribution in [0.1, 0.15) is 6.42 Å². The SMILES string of the molecule is O=[N+]([O-])C(CNc1nnnn1CCCn1nnnc1NCC([N+](=O)[O-])([N+](=O)[O-])[N+](=O)[O-])([N+](=O)[O-])[N+](=O)[O-]. The predicted octanol–water partition coefficient (Wildman–Crippen LogP) is -3.46. The van der Waals surface area contributed by atoms with E-state index in [4.69, 9.17) is 0 Å². The lowest BCUT2D eigenvalue weighted by atomic mass is 10.3. The van der Waals surface area contributed by atoms with Crippen LogP contribution >= 0.6 is 0 Å². The number of hydrogen-bond donors (Lipinski definition) is 2. The van der Waals surface area contributed by atoms with Gasteiger partial charge in [-0.25, -0.2) is 9.36 Å². The molecule has 0 saturated carbocycles. The van der Waals surface area contributed by atoms with Gasteiger partial charge in [-0.2, -0.15) is 0 Å². The van der Waals surface area contributed by atoms with E-state index < -0.39 is 66.1 Å². The van der Waals surface area contributed by atoms with E-state index in [0.29, 0.717) is 0 Å². The fourth-order valence-corrected chi connectivity index (χ4v) is 2.52. The average molecular weight is 536 g/mol. The summed E-state index contributed by atoms with van der Waals surface area (Å²) in [5.41, 5.74) is 0. The van der Waals surface area contributed by atoms with Crippen molar-refractivity contribution in [1.82, 2.24) is 40.4 Å². The summed E-state index contributed by atoms with van der Waals surface area (Å²) in [5, 5.41) is 90.4. The molecule has 28 nitrogen and oxygen atoms in total. The third kappa shape index (κ3) is 5.14. The van der Waals surface area contributed by atoms with Gasteiger partial charge in [0.25, 0.3) is 0 Å². The van der Waals surface area contributed by atoms with Gasteiger partial charge in [0.1, 0.15) is 0 Å². The number of nitrogens with one attached hydrogen (secondary N) is 2. The molecule has 0 unspecified atom stereocenters. The first-order valence-corrected chi connectivity index (χ1v) is 9.17. The molecule has 28 heteroatoms. The highest BCUT2D eigenvalue weighted by Crippen LogP contribution is 2.15. The quantitative estimate of drug-likeness (QED) is 0.119. The fraction of sp³-hybridized carbons (Fsp3) is 0.778. The van der Waals surface area contributed by atoms with Crippen molar-refractivity contribution in [3.8, 4) is 0 Å². The largest absolute Gasteiger partial charge is 0.717 e. The Balaban J connectivity index is 2.06. The molecule has 0 aliphatic carbocycles. The molecule has 0 spiro atoms. The second kappa shape index (κ2) is 10.6. The lowest BCUT2D eigenvalue weighted by Crippen LogP contribution is -2.58. The van der Waals surface area contributed by atoms with E-state index in [1.54, 1.807) is 0 Å². The summed E-state index contributed by atoms with van der Waals surface area (Å²) in [7, 11) is 0. The maximum Gasteiger partial charge on any atom is 0.717 e. The minimum atomic E-state index is -3.82. The summed E-state index contributed by atoms with van der Waals surface area (Å²) in [6.07, 6.45) is 0.00907. The molecule has 0 radical (unpaired) electrons. The number of aryl methyl sites for hydroxylation is 2. The van der Waals surface area contributed by atoms with E-state index in [1.165, 1.54) is 0 Å². The third-order valence-corrected chi connectivity index (χ3v) is 4.53. The second-order valence-electron chi connectivity index (χ2n) is 6.60. The van der Waals surface area contributed by atoms with E-state index in [9.17, 15) is 60.7 Å². The first-order valence-electron chi connectivity index (χ1n) is 9.17. The molecule has 0 saturated heterocycles. The van der Waals surface area contributed by atoms with Crippen LogP contribution in [0.3, 0.4) is 0 Å². The zero-order valence-electron chi connectivity index (χ0n) is 17.7. The number of rotatable bonds is 16. The van der Waals surface area contributed by atoms with Gasteiger partial charge >= 0.3 is 11.6 Å². The van der Waals surface area contributed by atoms with Crippen molar-refractivity contribution in [1.29, 1.82) is 0 Å². The molecule has 0 fully saturated rings. The maximum absolute atomic E-state index is 11.0. The molecule has 2 heterocycles. The van der Waals surface area contributed by atoms with E-state index in [0.717, 1.165) is 9.36 Å². The molecule has 0 bridgehead atoms. The van der Waals surface area contributed by atoms with E-state index in [-0.39, 0.29) is 19.5 Å². The molecule has 2 aromatic rings. The van der Waals surface area contributed by atoms with E-state index in [1.807, 2.05) is 0 Å². The van der Waals surface area contributed by atoms with Crippen LogP contribution in [0.5, 0.6) is 0 Å². The highest BCUT2D eigenvalue weighted by atomic mass is 16.7. The Bertz CT molecular complexity index is 1060. The number of aromatic nitrogens is 8. The Kier molecular flexibility index (Phi) is 7.84. The third-order valence-electron chi connectivity index (χ3n) is 4.53. The molecule has 0 amide bonds. The van der Waals surface area contributed by atoms with Crippen LogP contribution in [-0.4, -0.2) is 94.6 Å². The van der Waals surface area contributed by atoms with Gasteiger partial charge in [-0.3, -0.25) is 60.7 Å². The predicted molar refractivity (Wildman–Crippen MR) is 105 cm³/mol. The lowest BCUT2D eigenvalue weighted by molar-refractivity contribution is -0.965.